The van der Waals surface area contributed by atoms with Crippen molar-refractivity contribution in [2.45, 2.75) is 52.8 Å². The van der Waals surface area contributed by atoms with Crippen LogP contribution >= 0.6 is 24.0 Å². The predicted octanol–water partition coefficient (Wildman–Crippen LogP) is 1.50. The summed E-state index contributed by atoms with van der Waals surface area (Å²) in [5, 5.41) is 17.0. The average Bonchev–Trinajstić information content (AvgIpc) is 2.95. The van der Waals surface area contributed by atoms with E-state index in [-0.39, 0.29) is 24.0 Å². The molecule has 0 aliphatic rings. The SMILES string of the molecule is CCn1cnnc1CNC(=NC)NCCCNC(=O)OC(C)(C)C.I. The zero-order chi connectivity index (χ0) is 18.0. The lowest BCUT2D eigenvalue weighted by molar-refractivity contribution is 0.0527. The summed E-state index contributed by atoms with van der Waals surface area (Å²) in [4.78, 5) is 15.7. The standard InChI is InChI=1S/C15H29N7O2.HI/c1-6-22-11-20-21-12(22)10-19-13(16-5)17-8-7-9-18-14(23)24-15(2,3)4;/h11H,6-10H2,1-5H3,(H,18,23)(H2,16,17,19);1H. The van der Waals surface area contributed by atoms with Crippen molar-refractivity contribution in [3.05, 3.63) is 12.2 Å². The van der Waals surface area contributed by atoms with E-state index < -0.39 is 11.7 Å². The highest BCUT2D eigenvalue weighted by atomic mass is 127. The van der Waals surface area contributed by atoms with Crippen molar-refractivity contribution in [3.63, 3.8) is 0 Å². The molecule has 3 N–H and O–H groups in total. The number of nitrogens with zero attached hydrogens (tertiary/aromatic N) is 4. The fraction of sp³-hybridized carbons (Fsp3) is 0.733. The molecular weight excluding hydrogens is 437 g/mol. The summed E-state index contributed by atoms with van der Waals surface area (Å²) in [5.74, 6) is 1.53. The maximum Gasteiger partial charge on any atom is 0.407 e. The van der Waals surface area contributed by atoms with Crippen LogP contribution in [-0.4, -0.2) is 52.6 Å². The lowest BCUT2D eigenvalue weighted by Gasteiger charge is -2.19. The molecular formula is C15H30IN7O2. The first-order valence-electron chi connectivity index (χ1n) is 8.13. The molecule has 1 aromatic heterocycles. The predicted molar refractivity (Wildman–Crippen MR) is 108 cm³/mol. The van der Waals surface area contributed by atoms with E-state index in [0.717, 1.165) is 18.8 Å². The van der Waals surface area contributed by atoms with Gasteiger partial charge in [0.2, 0.25) is 0 Å². The summed E-state index contributed by atoms with van der Waals surface area (Å²) < 4.78 is 7.13. The molecule has 10 heteroatoms. The molecule has 1 rings (SSSR count). The van der Waals surface area contributed by atoms with Gasteiger partial charge in [-0.25, -0.2) is 4.79 Å². The third-order valence-corrected chi connectivity index (χ3v) is 2.99. The van der Waals surface area contributed by atoms with Crippen molar-refractivity contribution in [1.29, 1.82) is 0 Å². The molecule has 0 aliphatic heterocycles. The molecule has 0 unspecified atom stereocenters. The average molecular weight is 467 g/mol. The van der Waals surface area contributed by atoms with Gasteiger partial charge in [0.15, 0.2) is 11.8 Å². The number of aryl methyl sites for hydroxylation is 1. The topological polar surface area (TPSA) is 105 Å². The first-order chi connectivity index (χ1) is 11.4. The van der Waals surface area contributed by atoms with Crippen LogP contribution in [0.25, 0.3) is 0 Å². The van der Waals surface area contributed by atoms with Gasteiger partial charge in [-0.15, -0.1) is 34.2 Å². The second kappa shape index (κ2) is 11.9. The van der Waals surface area contributed by atoms with Gasteiger partial charge in [0.1, 0.15) is 11.9 Å². The smallest absolute Gasteiger partial charge is 0.407 e. The Balaban J connectivity index is 0.00000576. The van der Waals surface area contributed by atoms with Crippen LogP contribution < -0.4 is 16.0 Å². The minimum atomic E-state index is -0.479. The Kier molecular flexibility index (Phi) is 11.1. The van der Waals surface area contributed by atoms with Crippen molar-refractivity contribution in [2.75, 3.05) is 20.1 Å². The molecule has 0 radical (unpaired) electrons. The zero-order valence-corrected chi connectivity index (χ0v) is 18.0. The molecule has 25 heavy (non-hydrogen) atoms. The molecule has 0 atom stereocenters. The maximum atomic E-state index is 11.5. The molecule has 1 aromatic rings. The van der Waals surface area contributed by atoms with Crippen molar-refractivity contribution < 1.29 is 9.53 Å². The molecule has 0 spiro atoms. The fourth-order valence-corrected chi connectivity index (χ4v) is 1.86. The van der Waals surface area contributed by atoms with E-state index in [9.17, 15) is 4.79 Å². The van der Waals surface area contributed by atoms with E-state index in [2.05, 4.69) is 31.1 Å². The molecule has 144 valence electrons. The molecule has 0 aromatic carbocycles. The first kappa shape index (κ1) is 23.4. The van der Waals surface area contributed by atoms with Crippen LogP contribution in [0.3, 0.4) is 0 Å². The number of amides is 1. The number of alkyl carbamates (subject to hydrolysis) is 1. The molecule has 0 fully saturated rings. The summed E-state index contributed by atoms with van der Waals surface area (Å²) in [5.41, 5.74) is -0.479. The lowest BCUT2D eigenvalue weighted by Crippen LogP contribution is -2.39. The highest BCUT2D eigenvalue weighted by Gasteiger charge is 2.15. The van der Waals surface area contributed by atoms with Crippen molar-refractivity contribution in [2.24, 2.45) is 4.99 Å². The molecule has 0 aliphatic carbocycles. The Morgan fingerprint density at radius 2 is 1.96 bits per heavy atom. The Morgan fingerprint density at radius 1 is 1.28 bits per heavy atom. The number of ether oxygens (including phenoxy) is 1. The number of nitrogens with one attached hydrogen (secondary N) is 3. The van der Waals surface area contributed by atoms with Gasteiger partial charge < -0.3 is 25.3 Å². The number of halogens is 1. The molecule has 0 bridgehead atoms. The van der Waals surface area contributed by atoms with Crippen LogP contribution in [0.2, 0.25) is 0 Å². The molecule has 0 saturated heterocycles. The van der Waals surface area contributed by atoms with Gasteiger partial charge in [-0.05, 0) is 34.1 Å². The molecule has 9 nitrogen and oxygen atoms in total. The minimum absolute atomic E-state index is 0. The third kappa shape index (κ3) is 10.1. The quantitative estimate of drug-likeness (QED) is 0.243. The van der Waals surface area contributed by atoms with E-state index in [1.807, 2.05) is 32.3 Å². The van der Waals surface area contributed by atoms with Gasteiger partial charge in [0.25, 0.3) is 0 Å². The van der Waals surface area contributed by atoms with Gasteiger partial charge in [0.05, 0.1) is 6.54 Å². The second-order valence-corrected chi connectivity index (χ2v) is 6.17. The number of rotatable bonds is 7. The van der Waals surface area contributed by atoms with Gasteiger partial charge >= 0.3 is 6.09 Å². The maximum absolute atomic E-state index is 11.5. The Hall–Kier alpha value is -1.59. The number of guanidine groups is 1. The lowest BCUT2D eigenvalue weighted by atomic mass is 10.2. The molecule has 0 saturated carbocycles. The van der Waals surface area contributed by atoms with Crippen LogP contribution in [0.5, 0.6) is 0 Å². The van der Waals surface area contributed by atoms with Crippen molar-refractivity contribution >= 4 is 36.0 Å². The Morgan fingerprint density at radius 3 is 2.56 bits per heavy atom. The summed E-state index contributed by atoms with van der Waals surface area (Å²) in [6.45, 7) is 10.1. The Labute approximate surface area is 166 Å². The number of carbonyl (C=O) groups is 1. The van der Waals surface area contributed by atoms with E-state index in [4.69, 9.17) is 4.74 Å². The normalized spacial score (nSPS) is 11.5. The fourth-order valence-electron chi connectivity index (χ4n) is 1.86. The van der Waals surface area contributed by atoms with Gasteiger partial charge in [-0.1, -0.05) is 0 Å². The number of aromatic nitrogens is 3. The molecule has 1 amide bonds. The van der Waals surface area contributed by atoms with Crippen LogP contribution in [0.4, 0.5) is 4.79 Å². The number of hydrogen-bond donors (Lipinski definition) is 3. The van der Waals surface area contributed by atoms with Gasteiger partial charge in [0, 0.05) is 26.7 Å². The summed E-state index contributed by atoms with van der Waals surface area (Å²) in [7, 11) is 1.71. The summed E-state index contributed by atoms with van der Waals surface area (Å²) >= 11 is 0. The highest BCUT2D eigenvalue weighted by molar-refractivity contribution is 14.0. The minimum Gasteiger partial charge on any atom is -0.444 e. The summed E-state index contributed by atoms with van der Waals surface area (Å²) in [6.07, 6.45) is 2.06. The number of hydrogen-bond acceptors (Lipinski definition) is 5. The first-order valence-corrected chi connectivity index (χ1v) is 8.13. The van der Waals surface area contributed by atoms with Crippen molar-refractivity contribution in [1.82, 2.24) is 30.7 Å². The van der Waals surface area contributed by atoms with Gasteiger partial charge in [-0.2, -0.15) is 0 Å². The highest BCUT2D eigenvalue weighted by Crippen LogP contribution is 2.06. The van der Waals surface area contributed by atoms with E-state index in [1.165, 1.54) is 0 Å². The van der Waals surface area contributed by atoms with Gasteiger partial charge in [-0.3, -0.25) is 4.99 Å². The van der Waals surface area contributed by atoms with Crippen molar-refractivity contribution in [3.8, 4) is 0 Å². The second-order valence-electron chi connectivity index (χ2n) is 6.17. The van der Waals surface area contributed by atoms with Crippen LogP contribution in [0.15, 0.2) is 11.3 Å². The van der Waals surface area contributed by atoms with E-state index in [1.54, 1.807) is 13.4 Å². The third-order valence-electron chi connectivity index (χ3n) is 2.99. The van der Waals surface area contributed by atoms with Crippen LogP contribution in [-0.2, 0) is 17.8 Å². The largest absolute Gasteiger partial charge is 0.444 e. The number of carbonyl (C=O) groups excluding carboxylic acids is 1. The number of aliphatic imine (C=N–C) groups is 1. The van der Waals surface area contributed by atoms with E-state index in [0.29, 0.717) is 25.6 Å². The Bertz CT molecular complexity index is 540. The zero-order valence-electron chi connectivity index (χ0n) is 15.6. The molecule has 1 heterocycles. The van der Waals surface area contributed by atoms with Crippen LogP contribution in [0, 0.1) is 0 Å². The monoisotopic (exact) mass is 467 g/mol. The van der Waals surface area contributed by atoms with Crippen LogP contribution in [0.1, 0.15) is 39.9 Å². The van der Waals surface area contributed by atoms with E-state index >= 15 is 0 Å². The summed E-state index contributed by atoms with van der Waals surface area (Å²) in [6, 6.07) is 0.